The molecule has 1 fully saturated rings. The molecule has 10 heteroatoms. The van der Waals surface area contributed by atoms with Crippen LogP contribution in [0.3, 0.4) is 0 Å². The third-order valence-corrected chi connectivity index (χ3v) is 7.93. The number of anilines is 3. The van der Waals surface area contributed by atoms with Crippen molar-refractivity contribution in [1.82, 2.24) is 19.9 Å². The summed E-state index contributed by atoms with van der Waals surface area (Å²) in [5.74, 6) is 2.18. The summed E-state index contributed by atoms with van der Waals surface area (Å²) in [6.45, 7) is 5.82. The van der Waals surface area contributed by atoms with Gasteiger partial charge in [-0.2, -0.15) is 0 Å². The van der Waals surface area contributed by atoms with Crippen molar-refractivity contribution in [3.8, 4) is 0 Å². The maximum absolute atomic E-state index is 12.8. The Labute approximate surface area is 199 Å². The van der Waals surface area contributed by atoms with Gasteiger partial charge in [0, 0.05) is 38.4 Å². The summed E-state index contributed by atoms with van der Waals surface area (Å²) in [4.78, 5) is 29.9. The van der Waals surface area contributed by atoms with Crippen molar-refractivity contribution < 1.29 is 13.2 Å². The zero-order valence-corrected chi connectivity index (χ0v) is 20.1. The molecule has 0 saturated carbocycles. The van der Waals surface area contributed by atoms with Gasteiger partial charge in [0.15, 0.2) is 9.84 Å². The summed E-state index contributed by atoms with van der Waals surface area (Å²) in [7, 11) is -3.32. The molecule has 3 heterocycles. The van der Waals surface area contributed by atoms with E-state index in [1.54, 1.807) is 44.3 Å². The van der Waals surface area contributed by atoms with E-state index in [0.717, 1.165) is 11.4 Å². The van der Waals surface area contributed by atoms with Gasteiger partial charge < -0.3 is 15.1 Å². The predicted molar refractivity (Wildman–Crippen MR) is 131 cm³/mol. The molecule has 0 unspecified atom stereocenters. The molecule has 3 aromatic rings. The van der Waals surface area contributed by atoms with Crippen molar-refractivity contribution >= 4 is 33.2 Å². The van der Waals surface area contributed by atoms with Crippen LogP contribution in [-0.2, 0) is 21.1 Å². The number of rotatable bonds is 7. The van der Waals surface area contributed by atoms with Gasteiger partial charge in [-0.25, -0.2) is 23.4 Å². The number of pyridine rings is 1. The summed E-state index contributed by atoms with van der Waals surface area (Å²) in [6, 6.07) is 14.1. The van der Waals surface area contributed by atoms with E-state index in [1.165, 1.54) is 6.33 Å². The monoisotopic (exact) mass is 480 g/mol. The fourth-order valence-electron chi connectivity index (χ4n) is 3.70. The Kier molecular flexibility index (Phi) is 7.06. The number of hydrogen-bond acceptors (Lipinski definition) is 8. The fourth-order valence-corrected chi connectivity index (χ4v) is 4.76. The van der Waals surface area contributed by atoms with Gasteiger partial charge in [-0.3, -0.25) is 4.79 Å². The SMILES string of the molecule is CC(C)S(=O)(=O)c1ccc(CC(=O)N2CCN(c3cc(Nc4ccccn4)ncn3)CC2)cc1. The van der Waals surface area contributed by atoms with Crippen molar-refractivity contribution in [1.29, 1.82) is 0 Å². The zero-order chi connectivity index (χ0) is 24.1. The Bertz CT molecular complexity index is 1230. The van der Waals surface area contributed by atoms with Gasteiger partial charge in [0.2, 0.25) is 5.91 Å². The van der Waals surface area contributed by atoms with Gasteiger partial charge in [0.25, 0.3) is 0 Å². The van der Waals surface area contributed by atoms with Gasteiger partial charge >= 0.3 is 0 Å². The molecule has 0 atom stereocenters. The second-order valence-electron chi connectivity index (χ2n) is 8.38. The van der Waals surface area contributed by atoms with Crippen LogP contribution >= 0.6 is 0 Å². The lowest BCUT2D eigenvalue weighted by Crippen LogP contribution is -2.49. The molecule has 0 bridgehead atoms. The smallest absolute Gasteiger partial charge is 0.227 e. The molecule has 34 heavy (non-hydrogen) atoms. The Morgan fingerprint density at radius 3 is 2.35 bits per heavy atom. The number of carbonyl (C=O) groups is 1. The third kappa shape index (κ3) is 5.51. The minimum absolute atomic E-state index is 0.0271. The van der Waals surface area contributed by atoms with Crippen molar-refractivity contribution in [3.63, 3.8) is 0 Å². The number of benzene rings is 1. The first-order valence-corrected chi connectivity index (χ1v) is 12.7. The van der Waals surface area contributed by atoms with Crippen LogP contribution in [0.25, 0.3) is 0 Å². The standard InChI is InChI=1S/C24H28N6O3S/c1-18(2)34(32,33)20-8-6-19(7-9-20)15-24(31)30-13-11-29(12-14-30)23-16-22(26-17-27-23)28-21-5-3-4-10-25-21/h3-10,16-18H,11-15H2,1-2H3,(H,25,26,27,28). The fraction of sp³-hybridized carbons (Fsp3) is 0.333. The number of hydrogen-bond donors (Lipinski definition) is 1. The number of amides is 1. The molecule has 0 radical (unpaired) electrons. The first-order valence-electron chi connectivity index (χ1n) is 11.2. The van der Waals surface area contributed by atoms with Crippen LogP contribution < -0.4 is 10.2 Å². The van der Waals surface area contributed by atoms with Gasteiger partial charge in [0.05, 0.1) is 16.6 Å². The van der Waals surface area contributed by atoms with Gasteiger partial charge in [0.1, 0.15) is 23.8 Å². The van der Waals surface area contributed by atoms with Crippen LogP contribution in [-0.4, -0.2) is 65.6 Å². The molecule has 1 N–H and O–H groups in total. The van der Waals surface area contributed by atoms with Crippen LogP contribution in [0, 0.1) is 0 Å². The van der Waals surface area contributed by atoms with E-state index in [2.05, 4.69) is 25.2 Å². The van der Waals surface area contributed by atoms with Gasteiger partial charge in [-0.1, -0.05) is 18.2 Å². The minimum Gasteiger partial charge on any atom is -0.353 e. The van der Waals surface area contributed by atoms with E-state index in [9.17, 15) is 13.2 Å². The summed E-state index contributed by atoms with van der Waals surface area (Å²) < 4.78 is 24.6. The molecule has 1 aliphatic rings. The van der Waals surface area contributed by atoms with Gasteiger partial charge in [-0.15, -0.1) is 0 Å². The van der Waals surface area contributed by atoms with Crippen molar-refractivity contribution in [3.05, 3.63) is 66.6 Å². The quantitative estimate of drug-likeness (QED) is 0.550. The third-order valence-electron chi connectivity index (χ3n) is 5.76. The lowest BCUT2D eigenvalue weighted by molar-refractivity contribution is -0.130. The van der Waals surface area contributed by atoms with E-state index >= 15 is 0 Å². The van der Waals surface area contributed by atoms with E-state index in [0.29, 0.717) is 37.8 Å². The second kappa shape index (κ2) is 10.2. The van der Waals surface area contributed by atoms with Crippen molar-refractivity contribution in [2.45, 2.75) is 30.4 Å². The van der Waals surface area contributed by atoms with Crippen LogP contribution in [0.5, 0.6) is 0 Å². The van der Waals surface area contributed by atoms with E-state index in [1.807, 2.05) is 29.2 Å². The van der Waals surface area contributed by atoms with E-state index in [-0.39, 0.29) is 17.2 Å². The molecule has 0 spiro atoms. The number of sulfone groups is 1. The highest BCUT2D eigenvalue weighted by Crippen LogP contribution is 2.20. The number of piperazine rings is 1. The van der Waals surface area contributed by atoms with E-state index in [4.69, 9.17) is 0 Å². The highest BCUT2D eigenvalue weighted by molar-refractivity contribution is 7.92. The van der Waals surface area contributed by atoms with Crippen LogP contribution in [0.1, 0.15) is 19.4 Å². The Balaban J connectivity index is 1.32. The molecule has 9 nitrogen and oxygen atoms in total. The minimum atomic E-state index is -3.32. The Morgan fingerprint density at radius 2 is 1.71 bits per heavy atom. The molecular formula is C24H28N6O3S. The lowest BCUT2D eigenvalue weighted by Gasteiger charge is -2.35. The number of aromatic nitrogens is 3. The van der Waals surface area contributed by atoms with Crippen LogP contribution in [0.15, 0.2) is 66.0 Å². The average Bonchev–Trinajstić information content (AvgIpc) is 2.85. The Hall–Kier alpha value is -3.53. The zero-order valence-electron chi connectivity index (χ0n) is 19.3. The normalized spacial score (nSPS) is 14.3. The second-order valence-corrected chi connectivity index (χ2v) is 10.9. The molecule has 0 aliphatic carbocycles. The van der Waals surface area contributed by atoms with Crippen LogP contribution in [0.4, 0.5) is 17.5 Å². The summed E-state index contributed by atoms with van der Waals surface area (Å²) in [6.07, 6.45) is 3.47. The highest BCUT2D eigenvalue weighted by atomic mass is 32.2. The number of nitrogens with one attached hydrogen (secondary N) is 1. The molecule has 178 valence electrons. The van der Waals surface area contributed by atoms with Crippen LogP contribution in [0.2, 0.25) is 0 Å². The molecule has 2 aromatic heterocycles. The maximum Gasteiger partial charge on any atom is 0.227 e. The molecule has 1 amide bonds. The largest absolute Gasteiger partial charge is 0.353 e. The molecule has 1 saturated heterocycles. The first kappa shape index (κ1) is 23.6. The summed E-state index contributed by atoms with van der Waals surface area (Å²) in [5, 5.41) is 2.69. The molecular weight excluding hydrogens is 452 g/mol. The lowest BCUT2D eigenvalue weighted by atomic mass is 10.1. The predicted octanol–water partition coefficient (Wildman–Crippen LogP) is 2.69. The van der Waals surface area contributed by atoms with E-state index < -0.39 is 15.1 Å². The topological polar surface area (TPSA) is 108 Å². The van der Waals surface area contributed by atoms with Crippen molar-refractivity contribution in [2.24, 2.45) is 0 Å². The molecule has 1 aliphatic heterocycles. The molecule has 1 aromatic carbocycles. The maximum atomic E-state index is 12.8. The number of nitrogens with zero attached hydrogens (tertiary/aromatic N) is 5. The average molecular weight is 481 g/mol. The summed E-state index contributed by atoms with van der Waals surface area (Å²) >= 11 is 0. The highest BCUT2D eigenvalue weighted by Gasteiger charge is 2.23. The number of carbonyl (C=O) groups excluding carboxylic acids is 1. The molecule has 4 rings (SSSR count). The summed E-state index contributed by atoms with van der Waals surface area (Å²) in [5.41, 5.74) is 0.802. The van der Waals surface area contributed by atoms with Crippen molar-refractivity contribution in [2.75, 3.05) is 36.4 Å². The van der Waals surface area contributed by atoms with Gasteiger partial charge in [-0.05, 0) is 43.7 Å². The first-order chi connectivity index (χ1) is 16.3. The Morgan fingerprint density at radius 1 is 0.971 bits per heavy atom.